The summed E-state index contributed by atoms with van der Waals surface area (Å²) >= 11 is 0. The number of fused-ring (bicyclic) bond motifs is 12. The molecule has 0 aliphatic carbocycles. The van der Waals surface area contributed by atoms with Crippen LogP contribution in [0.5, 0.6) is 0 Å². The largest absolute Gasteiger partial charge is 0.452 e. The lowest BCUT2D eigenvalue weighted by Crippen LogP contribution is -1.91. The molecule has 0 aliphatic rings. The SMILES string of the molecule is [2H]c1c([2H])c([2H])c2c(-c3cccc4oc5c(ccc6c7ccccc7oc65)c34)c3c([2H])c([2H])c([2H])c([2H])c3c(-c3ccc4c(ccc5ccccc54)c3)c2c1[2H]. The summed E-state index contributed by atoms with van der Waals surface area (Å²) in [6.45, 7) is 0. The lowest BCUT2D eigenvalue weighted by molar-refractivity contribution is 0.633. The molecule has 0 fully saturated rings. The Balaban J connectivity index is 1.35. The van der Waals surface area contributed by atoms with Gasteiger partial charge in [-0.15, -0.1) is 0 Å². The highest BCUT2D eigenvalue weighted by Gasteiger charge is 2.22. The predicted molar refractivity (Wildman–Crippen MR) is 202 cm³/mol. The Hall–Kier alpha value is -6.38. The lowest BCUT2D eigenvalue weighted by atomic mass is 9.84. The first-order valence-corrected chi connectivity index (χ1v) is 15.8. The second-order valence-electron chi connectivity index (χ2n) is 12.2. The van der Waals surface area contributed by atoms with E-state index >= 15 is 0 Å². The van der Waals surface area contributed by atoms with Gasteiger partial charge in [-0.2, -0.15) is 0 Å². The molecule has 11 aromatic rings. The van der Waals surface area contributed by atoms with E-state index in [4.69, 9.17) is 14.3 Å². The average Bonchev–Trinajstić information content (AvgIpc) is 3.81. The van der Waals surface area contributed by atoms with Crippen LogP contribution in [0.4, 0.5) is 0 Å². The average molecular weight is 619 g/mol. The summed E-state index contributed by atoms with van der Waals surface area (Å²) in [5.41, 5.74) is 3.88. The van der Waals surface area contributed by atoms with E-state index in [1.807, 2.05) is 103 Å². The van der Waals surface area contributed by atoms with Gasteiger partial charge < -0.3 is 8.83 Å². The molecule has 0 amide bonds. The number of para-hydroxylation sites is 1. The molecule has 2 heteroatoms. The smallest absolute Gasteiger partial charge is 0.178 e. The highest BCUT2D eigenvalue weighted by atomic mass is 16.4. The zero-order valence-corrected chi connectivity index (χ0v) is 25.2. The van der Waals surface area contributed by atoms with Crippen molar-refractivity contribution in [3.63, 3.8) is 0 Å². The molecular formula is C46H26O2. The molecule has 2 heterocycles. The first-order valence-electron chi connectivity index (χ1n) is 19.8. The Morgan fingerprint density at radius 2 is 0.979 bits per heavy atom. The lowest BCUT2D eigenvalue weighted by Gasteiger charge is -2.18. The van der Waals surface area contributed by atoms with E-state index in [1.165, 1.54) is 0 Å². The minimum Gasteiger partial charge on any atom is -0.452 e. The van der Waals surface area contributed by atoms with Gasteiger partial charge >= 0.3 is 0 Å². The van der Waals surface area contributed by atoms with Gasteiger partial charge in [0.1, 0.15) is 11.2 Å². The van der Waals surface area contributed by atoms with Crippen molar-refractivity contribution in [3.05, 3.63) is 158 Å². The molecular weight excluding hydrogens is 585 g/mol. The Morgan fingerprint density at radius 3 is 1.79 bits per heavy atom. The summed E-state index contributed by atoms with van der Waals surface area (Å²) in [5, 5.41) is 7.71. The van der Waals surface area contributed by atoms with Crippen molar-refractivity contribution in [2.24, 2.45) is 0 Å². The number of benzene rings is 9. The van der Waals surface area contributed by atoms with Crippen molar-refractivity contribution < 1.29 is 19.8 Å². The van der Waals surface area contributed by atoms with Crippen molar-refractivity contribution in [1.82, 2.24) is 0 Å². The fourth-order valence-corrected chi connectivity index (χ4v) is 7.63. The quantitative estimate of drug-likeness (QED) is 0.142. The van der Waals surface area contributed by atoms with Gasteiger partial charge in [-0.3, -0.25) is 0 Å². The third-order valence-corrected chi connectivity index (χ3v) is 9.69. The van der Waals surface area contributed by atoms with Crippen molar-refractivity contribution in [2.45, 2.75) is 0 Å². The molecule has 0 atom stereocenters. The molecule has 2 nitrogen and oxygen atoms in total. The molecule has 0 N–H and O–H groups in total. The molecule has 0 aliphatic heterocycles. The summed E-state index contributed by atoms with van der Waals surface area (Å²) in [4.78, 5) is 0. The molecule has 0 saturated carbocycles. The van der Waals surface area contributed by atoms with Crippen LogP contribution >= 0.6 is 0 Å². The molecule has 222 valence electrons. The van der Waals surface area contributed by atoms with E-state index in [-0.39, 0.29) is 51.3 Å². The fourth-order valence-electron chi connectivity index (χ4n) is 7.63. The summed E-state index contributed by atoms with van der Waals surface area (Å²) in [6, 6.07) is 31.8. The van der Waals surface area contributed by atoms with Crippen LogP contribution in [0.1, 0.15) is 11.0 Å². The van der Waals surface area contributed by atoms with E-state index in [0.717, 1.165) is 32.3 Å². The second-order valence-corrected chi connectivity index (χ2v) is 12.2. The van der Waals surface area contributed by atoms with E-state index in [0.29, 0.717) is 49.8 Å². The summed E-state index contributed by atoms with van der Waals surface area (Å²) in [6.07, 6.45) is 0. The van der Waals surface area contributed by atoms with Crippen LogP contribution in [-0.4, -0.2) is 0 Å². The van der Waals surface area contributed by atoms with Gasteiger partial charge in [-0.1, -0.05) is 127 Å². The summed E-state index contributed by atoms with van der Waals surface area (Å²) in [5.74, 6) is 0. The van der Waals surface area contributed by atoms with Gasteiger partial charge in [-0.05, 0) is 95.7 Å². The minimum atomic E-state index is -0.451. The number of furan rings is 2. The topological polar surface area (TPSA) is 26.3 Å². The highest BCUT2D eigenvalue weighted by molar-refractivity contribution is 6.28. The van der Waals surface area contributed by atoms with E-state index < -0.39 is 24.2 Å². The van der Waals surface area contributed by atoms with Gasteiger partial charge in [0.25, 0.3) is 0 Å². The molecule has 0 saturated heterocycles. The van der Waals surface area contributed by atoms with Crippen molar-refractivity contribution in [2.75, 3.05) is 0 Å². The maximum Gasteiger partial charge on any atom is 0.178 e. The first kappa shape index (κ1) is 19.3. The Morgan fingerprint density at radius 1 is 0.396 bits per heavy atom. The van der Waals surface area contributed by atoms with Crippen molar-refractivity contribution in [1.29, 1.82) is 0 Å². The molecule has 0 spiro atoms. The van der Waals surface area contributed by atoms with Crippen LogP contribution in [0.25, 0.3) is 109 Å². The van der Waals surface area contributed by atoms with E-state index in [2.05, 4.69) is 0 Å². The maximum absolute atomic E-state index is 9.47. The van der Waals surface area contributed by atoms with Crippen molar-refractivity contribution >= 4 is 87.0 Å². The minimum absolute atomic E-state index is 0.147. The predicted octanol–water partition coefficient (Wildman–Crippen LogP) is 13.4. The first-order chi connectivity index (χ1) is 27.1. The molecule has 9 aromatic carbocycles. The molecule has 2 aromatic heterocycles. The van der Waals surface area contributed by atoms with E-state index in [1.54, 1.807) is 6.07 Å². The standard InChI is InChI=1S/C46H26O2/c1-2-11-30-27(10-1)20-21-28-26-29(22-23-31(28)30)42-33-13-3-5-15-35(33)43(36-16-6-4-14-34(36)42)38-17-9-19-41-44(38)39-25-24-37-32-12-7-8-18-40(32)47-45(37)46(39)48-41/h1-26H/i3D,4D,5D,6D,13D,14D,15D,16D. The van der Waals surface area contributed by atoms with Crippen LogP contribution in [0.15, 0.2) is 166 Å². The van der Waals surface area contributed by atoms with Crippen LogP contribution < -0.4 is 0 Å². The van der Waals surface area contributed by atoms with Gasteiger partial charge in [0.05, 0.1) is 11.0 Å². The third-order valence-electron chi connectivity index (χ3n) is 9.69. The van der Waals surface area contributed by atoms with Gasteiger partial charge in [-0.25, -0.2) is 0 Å². The number of hydrogen-bond donors (Lipinski definition) is 0. The molecule has 11 rings (SSSR count). The summed E-state index contributed by atoms with van der Waals surface area (Å²) < 4.78 is 86.2. The van der Waals surface area contributed by atoms with Gasteiger partial charge in [0, 0.05) is 21.5 Å². The Kier molecular flexibility index (Phi) is 3.85. The van der Waals surface area contributed by atoms with Crippen LogP contribution in [0, 0.1) is 0 Å². The fraction of sp³-hybridized carbons (Fsp3) is 0. The van der Waals surface area contributed by atoms with Crippen molar-refractivity contribution in [3.8, 4) is 22.3 Å². The van der Waals surface area contributed by atoms with Gasteiger partial charge in [0.15, 0.2) is 11.2 Å². The molecule has 0 bridgehead atoms. The normalized spacial score (nSPS) is 14.5. The number of rotatable bonds is 2. The number of hydrogen-bond acceptors (Lipinski definition) is 2. The maximum atomic E-state index is 9.47. The highest BCUT2D eigenvalue weighted by Crippen LogP contribution is 2.48. The van der Waals surface area contributed by atoms with Crippen LogP contribution in [-0.2, 0) is 0 Å². The van der Waals surface area contributed by atoms with Gasteiger partial charge in [0.2, 0.25) is 0 Å². The van der Waals surface area contributed by atoms with Crippen LogP contribution in [0.2, 0.25) is 0 Å². The molecule has 48 heavy (non-hydrogen) atoms. The molecule has 0 unspecified atom stereocenters. The monoisotopic (exact) mass is 618 g/mol. The van der Waals surface area contributed by atoms with Crippen LogP contribution in [0.3, 0.4) is 0 Å². The zero-order valence-electron chi connectivity index (χ0n) is 33.2. The van der Waals surface area contributed by atoms with E-state index in [9.17, 15) is 5.48 Å². The molecule has 0 radical (unpaired) electrons. The Bertz CT molecular complexity index is 3500. The Labute approximate surface area is 286 Å². The summed E-state index contributed by atoms with van der Waals surface area (Å²) in [7, 11) is 0. The third kappa shape index (κ3) is 3.46. The zero-order chi connectivity index (χ0) is 38.3. The second kappa shape index (κ2) is 9.57.